The van der Waals surface area contributed by atoms with E-state index < -0.39 is 5.97 Å². The molecule has 0 aliphatic carbocycles. The number of nitrogens with zero attached hydrogens (tertiary/aromatic N) is 2. The first-order valence-corrected chi connectivity index (χ1v) is 8.90. The maximum atomic E-state index is 12.4. The number of benzene rings is 1. The molecule has 1 amide bonds. The molecule has 1 aromatic rings. The number of carboxylic acids is 1. The molecular formula is C17H22Cl2N2O4. The smallest absolute Gasteiger partial charge is 0.317 e. The van der Waals surface area contributed by atoms with E-state index in [-0.39, 0.29) is 25.1 Å². The fourth-order valence-corrected chi connectivity index (χ4v) is 3.40. The van der Waals surface area contributed by atoms with E-state index in [9.17, 15) is 9.59 Å². The Balaban J connectivity index is 1.85. The SMILES string of the molecule is CN(CC(=O)O)[C@@H]1CCCN(C(=O)COc2ccc(Cl)cc2Cl)CC1. The lowest BCUT2D eigenvalue weighted by molar-refractivity contribution is -0.138. The highest BCUT2D eigenvalue weighted by Gasteiger charge is 2.24. The minimum Gasteiger partial charge on any atom is -0.482 e. The highest BCUT2D eigenvalue weighted by Crippen LogP contribution is 2.27. The highest BCUT2D eigenvalue weighted by atomic mass is 35.5. The molecule has 0 radical (unpaired) electrons. The molecule has 0 unspecified atom stereocenters. The summed E-state index contributed by atoms with van der Waals surface area (Å²) >= 11 is 11.9. The zero-order valence-electron chi connectivity index (χ0n) is 14.1. The molecule has 1 aliphatic heterocycles. The highest BCUT2D eigenvalue weighted by molar-refractivity contribution is 6.35. The summed E-state index contributed by atoms with van der Waals surface area (Å²) in [5.74, 6) is -0.520. The molecule has 138 valence electrons. The van der Waals surface area contributed by atoms with Crippen LogP contribution in [0.1, 0.15) is 19.3 Å². The molecule has 0 saturated carbocycles. The van der Waals surface area contributed by atoms with Gasteiger partial charge >= 0.3 is 5.97 Å². The van der Waals surface area contributed by atoms with Crippen LogP contribution >= 0.6 is 23.2 Å². The fourth-order valence-electron chi connectivity index (χ4n) is 2.93. The predicted molar refractivity (Wildman–Crippen MR) is 96.4 cm³/mol. The van der Waals surface area contributed by atoms with Crippen LogP contribution in [0.4, 0.5) is 0 Å². The number of likely N-dealkylation sites (tertiary alicyclic amines) is 1. The number of carboxylic acid groups (broad SMARTS) is 1. The number of amides is 1. The van der Waals surface area contributed by atoms with Crippen LogP contribution in [0.5, 0.6) is 5.75 Å². The summed E-state index contributed by atoms with van der Waals surface area (Å²) in [6.07, 6.45) is 2.46. The first-order valence-electron chi connectivity index (χ1n) is 8.14. The van der Waals surface area contributed by atoms with Gasteiger partial charge in [-0.05, 0) is 44.5 Å². The van der Waals surface area contributed by atoms with E-state index in [0.717, 1.165) is 19.3 Å². The second-order valence-electron chi connectivity index (χ2n) is 6.14. The number of rotatable bonds is 6. The van der Waals surface area contributed by atoms with Crippen molar-refractivity contribution in [2.75, 3.05) is 33.3 Å². The van der Waals surface area contributed by atoms with Crippen molar-refractivity contribution >= 4 is 35.1 Å². The first kappa shape index (κ1) is 19.8. The normalized spacial score (nSPS) is 18.1. The molecule has 1 aromatic carbocycles. The Labute approximate surface area is 157 Å². The molecule has 8 heteroatoms. The van der Waals surface area contributed by atoms with Gasteiger partial charge in [0.25, 0.3) is 5.91 Å². The lowest BCUT2D eigenvalue weighted by Gasteiger charge is -2.25. The van der Waals surface area contributed by atoms with Crippen molar-refractivity contribution in [1.29, 1.82) is 0 Å². The summed E-state index contributed by atoms with van der Waals surface area (Å²) in [6, 6.07) is 5.03. The Hall–Kier alpha value is -1.50. The summed E-state index contributed by atoms with van der Waals surface area (Å²) in [5, 5.41) is 9.78. The molecule has 1 saturated heterocycles. The number of hydrogen-bond donors (Lipinski definition) is 1. The van der Waals surface area contributed by atoms with Gasteiger partial charge in [-0.25, -0.2) is 0 Å². The van der Waals surface area contributed by atoms with Crippen LogP contribution < -0.4 is 4.74 Å². The van der Waals surface area contributed by atoms with Crippen LogP contribution in [-0.2, 0) is 9.59 Å². The number of carbonyl (C=O) groups excluding carboxylic acids is 1. The summed E-state index contributed by atoms with van der Waals surface area (Å²) in [7, 11) is 1.81. The molecule has 6 nitrogen and oxygen atoms in total. The largest absolute Gasteiger partial charge is 0.482 e. The van der Waals surface area contributed by atoms with Gasteiger partial charge in [0.15, 0.2) is 6.61 Å². The number of halogens is 2. The summed E-state index contributed by atoms with van der Waals surface area (Å²) in [6.45, 7) is 1.16. The topological polar surface area (TPSA) is 70.1 Å². The van der Waals surface area contributed by atoms with Gasteiger partial charge in [0.05, 0.1) is 11.6 Å². The lowest BCUT2D eigenvalue weighted by Crippen LogP contribution is -2.38. The van der Waals surface area contributed by atoms with Crippen LogP contribution in [0.25, 0.3) is 0 Å². The van der Waals surface area contributed by atoms with Gasteiger partial charge in [0, 0.05) is 24.2 Å². The van der Waals surface area contributed by atoms with Crippen molar-refractivity contribution in [3.63, 3.8) is 0 Å². The van der Waals surface area contributed by atoms with Gasteiger partial charge in [-0.1, -0.05) is 23.2 Å². The van der Waals surface area contributed by atoms with Gasteiger partial charge in [0.2, 0.25) is 0 Å². The second-order valence-corrected chi connectivity index (χ2v) is 6.98. The van der Waals surface area contributed by atoms with Crippen molar-refractivity contribution in [3.8, 4) is 5.75 Å². The third-order valence-electron chi connectivity index (χ3n) is 4.30. The van der Waals surface area contributed by atoms with Crippen molar-refractivity contribution in [2.45, 2.75) is 25.3 Å². The maximum Gasteiger partial charge on any atom is 0.317 e. The van der Waals surface area contributed by atoms with Gasteiger partial charge in [-0.15, -0.1) is 0 Å². The van der Waals surface area contributed by atoms with E-state index in [1.807, 2.05) is 11.9 Å². The average molecular weight is 389 g/mol. The number of ether oxygens (including phenoxy) is 1. The Morgan fingerprint density at radius 2 is 2.08 bits per heavy atom. The third kappa shape index (κ3) is 6.06. The van der Waals surface area contributed by atoms with Crippen molar-refractivity contribution in [1.82, 2.24) is 9.80 Å². The molecule has 25 heavy (non-hydrogen) atoms. The Morgan fingerprint density at radius 1 is 1.32 bits per heavy atom. The Bertz CT molecular complexity index is 627. The minimum absolute atomic E-state index is 0.0107. The summed E-state index contributed by atoms with van der Waals surface area (Å²) in [4.78, 5) is 26.8. The number of hydrogen-bond acceptors (Lipinski definition) is 4. The molecule has 0 aromatic heterocycles. The number of aliphatic carboxylic acids is 1. The molecular weight excluding hydrogens is 367 g/mol. The van der Waals surface area contributed by atoms with Gasteiger partial charge in [-0.3, -0.25) is 14.5 Å². The summed E-state index contributed by atoms with van der Waals surface area (Å²) in [5.41, 5.74) is 0. The van der Waals surface area contributed by atoms with Crippen LogP contribution in [0.2, 0.25) is 10.0 Å². The van der Waals surface area contributed by atoms with E-state index in [0.29, 0.717) is 28.9 Å². The van der Waals surface area contributed by atoms with Crippen molar-refractivity contribution in [3.05, 3.63) is 28.2 Å². The van der Waals surface area contributed by atoms with Gasteiger partial charge in [0.1, 0.15) is 5.75 Å². The fraction of sp³-hybridized carbons (Fsp3) is 0.529. The molecule has 1 fully saturated rings. The van der Waals surface area contributed by atoms with Crippen molar-refractivity contribution in [2.24, 2.45) is 0 Å². The van der Waals surface area contributed by atoms with Gasteiger partial charge in [-0.2, -0.15) is 0 Å². The minimum atomic E-state index is -0.840. The Morgan fingerprint density at radius 3 is 2.76 bits per heavy atom. The average Bonchev–Trinajstić information content (AvgIpc) is 2.79. The van der Waals surface area contributed by atoms with E-state index in [1.54, 1.807) is 23.1 Å². The second kappa shape index (κ2) is 9.27. The summed E-state index contributed by atoms with van der Waals surface area (Å²) < 4.78 is 5.50. The monoisotopic (exact) mass is 388 g/mol. The van der Waals surface area contributed by atoms with E-state index in [4.69, 9.17) is 33.0 Å². The number of carbonyl (C=O) groups is 2. The number of likely N-dealkylation sites (N-methyl/N-ethyl adjacent to an activating group) is 1. The standard InChI is InChI=1S/C17H22Cl2N2O4/c1-20(10-17(23)24)13-3-2-7-21(8-6-13)16(22)11-25-15-5-4-12(18)9-14(15)19/h4-5,9,13H,2-3,6-8,10-11H2,1H3,(H,23,24)/t13-/m1/s1. The molecule has 1 atom stereocenters. The van der Waals surface area contributed by atoms with Crippen LogP contribution in [0.15, 0.2) is 18.2 Å². The maximum absolute atomic E-state index is 12.4. The Kier molecular flexibility index (Phi) is 7.35. The van der Waals surface area contributed by atoms with E-state index in [2.05, 4.69) is 0 Å². The lowest BCUT2D eigenvalue weighted by atomic mass is 10.1. The molecule has 1 N–H and O–H groups in total. The predicted octanol–water partition coefficient (Wildman–Crippen LogP) is 2.77. The van der Waals surface area contributed by atoms with Crippen LogP contribution in [0.3, 0.4) is 0 Å². The van der Waals surface area contributed by atoms with E-state index in [1.165, 1.54) is 0 Å². The molecule has 2 rings (SSSR count). The quantitative estimate of drug-likeness (QED) is 0.810. The molecule has 1 heterocycles. The van der Waals surface area contributed by atoms with Crippen LogP contribution in [0, 0.1) is 0 Å². The first-order chi connectivity index (χ1) is 11.9. The van der Waals surface area contributed by atoms with Crippen molar-refractivity contribution < 1.29 is 19.4 Å². The van der Waals surface area contributed by atoms with E-state index >= 15 is 0 Å². The molecule has 1 aliphatic rings. The molecule has 0 spiro atoms. The zero-order chi connectivity index (χ0) is 18.4. The van der Waals surface area contributed by atoms with Gasteiger partial charge < -0.3 is 14.7 Å². The molecule has 0 bridgehead atoms. The zero-order valence-corrected chi connectivity index (χ0v) is 15.6. The van der Waals surface area contributed by atoms with Crippen LogP contribution in [-0.4, -0.2) is 66.1 Å². The third-order valence-corrected chi connectivity index (χ3v) is 4.83.